The van der Waals surface area contributed by atoms with Crippen molar-refractivity contribution in [1.29, 1.82) is 0 Å². The van der Waals surface area contributed by atoms with Gasteiger partial charge in [0.1, 0.15) is 5.82 Å². The molecule has 0 atom stereocenters. The summed E-state index contributed by atoms with van der Waals surface area (Å²) in [6.45, 7) is 5.82. The lowest BCUT2D eigenvalue weighted by molar-refractivity contribution is 0.0378. The van der Waals surface area contributed by atoms with Crippen molar-refractivity contribution in [1.82, 2.24) is 9.88 Å². The van der Waals surface area contributed by atoms with Crippen molar-refractivity contribution in [2.75, 3.05) is 50.4 Å². The third-order valence-corrected chi connectivity index (χ3v) is 2.89. The number of aromatic nitrogens is 1. The van der Waals surface area contributed by atoms with Gasteiger partial charge in [-0.3, -0.25) is 4.90 Å². The lowest BCUT2D eigenvalue weighted by Crippen LogP contribution is -2.37. The van der Waals surface area contributed by atoms with Crippen LogP contribution in [0.3, 0.4) is 0 Å². The molecule has 1 aliphatic rings. The third-order valence-electron chi connectivity index (χ3n) is 2.89. The Balaban J connectivity index is 1.64. The van der Waals surface area contributed by atoms with Crippen LogP contribution in [-0.2, 0) is 4.74 Å². The maximum atomic E-state index is 5.79. The fourth-order valence-corrected chi connectivity index (χ4v) is 1.90. The molecular formula is C12H20N4O. The first-order valence-corrected chi connectivity index (χ1v) is 6.11. The molecule has 0 aromatic carbocycles. The van der Waals surface area contributed by atoms with Crippen LogP contribution in [0.25, 0.3) is 0 Å². The van der Waals surface area contributed by atoms with Crippen LogP contribution < -0.4 is 11.1 Å². The van der Waals surface area contributed by atoms with E-state index in [-0.39, 0.29) is 0 Å². The molecule has 1 aromatic heterocycles. The molecule has 0 radical (unpaired) electrons. The molecule has 0 aliphatic carbocycles. The Bertz CT molecular complexity index is 339. The highest BCUT2D eigenvalue weighted by Gasteiger charge is 2.09. The van der Waals surface area contributed by atoms with Gasteiger partial charge in [0.25, 0.3) is 0 Å². The van der Waals surface area contributed by atoms with Gasteiger partial charge in [0.2, 0.25) is 0 Å². The van der Waals surface area contributed by atoms with Crippen LogP contribution in [0, 0.1) is 0 Å². The Morgan fingerprint density at radius 3 is 3.00 bits per heavy atom. The van der Waals surface area contributed by atoms with Gasteiger partial charge in [0.05, 0.1) is 18.9 Å². The number of nitrogens with two attached hydrogens (primary N) is 1. The summed E-state index contributed by atoms with van der Waals surface area (Å²) in [4.78, 5) is 6.62. The van der Waals surface area contributed by atoms with Gasteiger partial charge in [0, 0.05) is 25.8 Å². The van der Waals surface area contributed by atoms with E-state index in [4.69, 9.17) is 10.5 Å². The summed E-state index contributed by atoms with van der Waals surface area (Å²) < 4.78 is 5.31. The molecule has 0 unspecified atom stereocenters. The first-order chi connectivity index (χ1) is 8.36. The number of hydrogen-bond donors (Lipinski definition) is 2. The molecule has 0 spiro atoms. The van der Waals surface area contributed by atoms with Crippen LogP contribution in [0.5, 0.6) is 0 Å². The van der Waals surface area contributed by atoms with Crippen LogP contribution >= 0.6 is 0 Å². The molecule has 94 valence electrons. The van der Waals surface area contributed by atoms with Gasteiger partial charge in [-0.05, 0) is 25.1 Å². The number of rotatable bonds is 5. The minimum Gasteiger partial charge on any atom is -0.396 e. The molecule has 1 aromatic rings. The summed E-state index contributed by atoms with van der Waals surface area (Å²) >= 11 is 0. The summed E-state index contributed by atoms with van der Waals surface area (Å²) in [5, 5.41) is 3.26. The van der Waals surface area contributed by atoms with Crippen LogP contribution in [-0.4, -0.2) is 49.3 Å². The molecule has 5 heteroatoms. The molecule has 17 heavy (non-hydrogen) atoms. The van der Waals surface area contributed by atoms with Crippen molar-refractivity contribution < 1.29 is 4.74 Å². The molecule has 2 heterocycles. The Hall–Kier alpha value is -1.33. The van der Waals surface area contributed by atoms with Crippen LogP contribution in [0.1, 0.15) is 6.42 Å². The summed E-state index contributed by atoms with van der Waals surface area (Å²) in [6.07, 6.45) is 2.84. The fourth-order valence-electron chi connectivity index (χ4n) is 1.90. The number of nitrogens with one attached hydrogen (secondary N) is 1. The van der Waals surface area contributed by atoms with Gasteiger partial charge in [0.15, 0.2) is 0 Å². The maximum Gasteiger partial charge on any atom is 0.149 e. The van der Waals surface area contributed by atoms with Crippen molar-refractivity contribution in [2.45, 2.75) is 6.42 Å². The van der Waals surface area contributed by atoms with E-state index < -0.39 is 0 Å². The number of ether oxygens (including phenoxy) is 1. The van der Waals surface area contributed by atoms with E-state index in [0.717, 1.165) is 51.6 Å². The molecular weight excluding hydrogens is 216 g/mol. The highest BCUT2D eigenvalue weighted by Crippen LogP contribution is 2.12. The van der Waals surface area contributed by atoms with Crippen LogP contribution in [0.15, 0.2) is 18.3 Å². The minimum absolute atomic E-state index is 0.707. The highest BCUT2D eigenvalue weighted by atomic mass is 16.5. The second-order valence-corrected chi connectivity index (χ2v) is 4.18. The van der Waals surface area contributed by atoms with E-state index in [1.807, 2.05) is 12.1 Å². The van der Waals surface area contributed by atoms with Gasteiger partial charge in [-0.15, -0.1) is 0 Å². The second-order valence-electron chi connectivity index (χ2n) is 4.18. The first-order valence-electron chi connectivity index (χ1n) is 6.11. The second kappa shape index (κ2) is 6.42. The van der Waals surface area contributed by atoms with E-state index in [0.29, 0.717) is 5.69 Å². The Morgan fingerprint density at radius 1 is 1.41 bits per heavy atom. The lowest BCUT2D eigenvalue weighted by Gasteiger charge is -2.26. The third kappa shape index (κ3) is 3.87. The number of hydrogen-bond acceptors (Lipinski definition) is 5. The average Bonchev–Trinajstić information content (AvgIpc) is 2.38. The monoisotopic (exact) mass is 236 g/mol. The summed E-state index contributed by atoms with van der Waals surface area (Å²) in [6, 6.07) is 3.70. The summed E-state index contributed by atoms with van der Waals surface area (Å²) in [5.41, 5.74) is 6.50. The van der Waals surface area contributed by atoms with Crippen molar-refractivity contribution in [3.05, 3.63) is 18.3 Å². The van der Waals surface area contributed by atoms with Crippen molar-refractivity contribution in [3.8, 4) is 0 Å². The quantitative estimate of drug-likeness (QED) is 0.740. The fraction of sp³-hybridized carbons (Fsp3) is 0.583. The molecule has 1 aliphatic heterocycles. The number of anilines is 2. The van der Waals surface area contributed by atoms with Gasteiger partial charge >= 0.3 is 0 Å². The Labute approximate surface area is 102 Å². The van der Waals surface area contributed by atoms with E-state index in [1.54, 1.807) is 6.20 Å². The van der Waals surface area contributed by atoms with Gasteiger partial charge in [-0.1, -0.05) is 0 Å². The van der Waals surface area contributed by atoms with E-state index in [2.05, 4.69) is 15.2 Å². The highest BCUT2D eigenvalue weighted by molar-refractivity contribution is 5.60. The zero-order valence-corrected chi connectivity index (χ0v) is 10.1. The largest absolute Gasteiger partial charge is 0.396 e. The molecule has 3 N–H and O–H groups in total. The molecule has 0 amide bonds. The maximum absolute atomic E-state index is 5.79. The Morgan fingerprint density at radius 2 is 2.24 bits per heavy atom. The van der Waals surface area contributed by atoms with Crippen molar-refractivity contribution in [3.63, 3.8) is 0 Å². The van der Waals surface area contributed by atoms with Crippen molar-refractivity contribution >= 4 is 11.5 Å². The summed E-state index contributed by atoms with van der Waals surface area (Å²) in [7, 11) is 0. The number of nitrogen functional groups attached to an aromatic ring is 1. The molecule has 1 saturated heterocycles. The SMILES string of the molecule is Nc1cccnc1NCCCN1CCOCC1. The lowest BCUT2D eigenvalue weighted by atomic mass is 10.3. The number of pyridine rings is 1. The zero-order valence-electron chi connectivity index (χ0n) is 10.1. The average molecular weight is 236 g/mol. The summed E-state index contributed by atoms with van der Waals surface area (Å²) in [5.74, 6) is 0.787. The van der Waals surface area contributed by atoms with Gasteiger partial charge in [-0.2, -0.15) is 0 Å². The number of nitrogens with zero attached hydrogens (tertiary/aromatic N) is 2. The van der Waals surface area contributed by atoms with Crippen LogP contribution in [0.4, 0.5) is 11.5 Å². The minimum atomic E-state index is 0.707. The van der Waals surface area contributed by atoms with Crippen LogP contribution in [0.2, 0.25) is 0 Å². The van der Waals surface area contributed by atoms with E-state index >= 15 is 0 Å². The van der Waals surface area contributed by atoms with Gasteiger partial charge < -0.3 is 15.8 Å². The molecule has 5 nitrogen and oxygen atoms in total. The zero-order chi connectivity index (χ0) is 11.9. The predicted molar refractivity (Wildman–Crippen MR) is 69.0 cm³/mol. The van der Waals surface area contributed by atoms with E-state index in [9.17, 15) is 0 Å². The molecule has 0 saturated carbocycles. The standard InChI is InChI=1S/C12H20N4O/c13-11-3-1-4-14-12(11)15-5-2-6-16-7-9-17-10-8-16/h1,3-4H,2,5-10,13H2,(H,14,15). The number of morpholine rings is 1. The normalized spacial score (nSPS) is 16.9. The van der Waals surface area contributed by atoms with Gasteiger partial charge in [-0.25, -0.2) is 4.98 Å². The first kappa shape index (κ1) is 12.1. The molecule has 0 bridgehead atoms. The smallest absolute Gasteiger partial charge is 0.149 e. The van der Waals surface area contributed by atoms with E-state index in [1.165, 1.54) is 0 Å². The van der Waals surface area contributed by atoms with Crippen molar-refractivity contribution in [2.24, 2.45) is 0 Å². The Kier molecular flexibility index (Phi) is 4.58. The topological polar surface area (TPSA) is 63.4 Å². The predicted octanol–water partition coefficient (Wildman–Crippen LogP) is 0.798. The molecule has 2 rings (SSSR count). The molecule has 1 fully saturated rings.